The van der Waals surface area contributed by atoms with E-state index in [1.165, 1.54) is 12.3 Å². The summed E-state index contributed by atoms with van der Waals surface area (Å²) in [6, 6.07) is 12.6. The van der Waals surface area contributed by atoms with Gasteiger partial charge in [-0.05, 0) is 42.8 Å². The molecule has 2 heterocycles. The first-order valence-corrected chi connectivity index (χ1v) is 9.10. The lowest BCUT2D eigenvalue weighted by atomic mass is 10.1. The number of carbonyl (C=O) groups is 1. The van der Waals surface area contributed by atoms with Crippen LogP contribution in [-0.4, -0.2) is 24.2 Å². The van der Waals surface area contributed by atoms with Gasteiger partial charge < -0.3 is 10.1 Å². The number of nitrogens with one attached hydrogen (secondary N) is 1. The number of benzene rings is 2. The zero-order chi connectivity index (χ0) is 20.6. The summed E-state index contributed by atoms with van der Waals surface area (Å²) in [5.74, 6) is 0. The topological polar surface area (TPSA) is 54.5 Å². The van der Waals surface area contributed by atoms with Crippen molar-refractivity contribution in [1.29, 1.82) is 0 Å². The summed E-state index contributed by atoms with van der Waals surface area (Å²) in [6.45, 7) is 2.80. The van der Waals surface area contributed by atoms with Crippen molar-refractivity contribution in [2.75, 3.05) is 23.4 Å². The van der Waals surface area contributed by atoms with Crippen molar-refractivity contribution in [3.63, 3.8) is 0 Å². The van der Waals surface area contributed by atoms with Crippen LogP contribution >= 0.6 is 0 Å². The maximum absolute atomic E-state index is 13.0. The lowest BCUT2D eigenvalue weighted by Crippen LogP contribution is -2.23. The van der Waals surface area contributed by atoms with Crippen LogP contribution in [0, 0.1) is 0 Å². The van der Waals surface area contributed by atoms with E-state index < -0.39 is 11.7 Å². The highest BCUT2D eigenvalue weighted by atomic mass is 19.4. The molecule has 29 heavy (non-hydrogen) atoms. The van der Waals surface area contributed by atoms with E-state index >= 15 is 0 Å². The van der Waals surface area contributed by atoms with Crippen LogP contribution in [0.1, 0.15) is 24.1 Å². The zero-order valence-electron chi connectivity index (χ0n) is 15.5. The standard InChI is InChI=1S/C21H18F3N3O2/c1-13(14-3-2-4-16(11-14)27-9-10-29-20(27)28)26-18-7-8-25-19-12-15(21(22,23)24)5-6-17(18)19/h2-8,11-13H,9-10H2,1H3,(H,25,26). The summed E-state index contributed by atoms with van der Waals surface area (Å²) in [7, 11) is 0. The molecule has 3 aromatic rings. The van der Waals surface area contributed by atoms with Gasteiger partial charge in [0.2, 0.25) is 0 Å². The molecule has 1 saturated heterocycles. The Morgan fingerprint density at radius 1 is 1.17 bits per heavy atom. The lowest BCUT2D eigenvalue weighted by molar-refractivity contribution is -0.137. The van der Waals surface area contributed by atoms with Crippen molar-refractivity contribution < 1.29 is 22.7 Å². The fraction of sp³-hybridized carbons (Fsp3) is 0.238. The van der Waals surface area contributed by atoms with E-state index in [0.717, 1.165) is 23.4 Å². The molecule has 1 amide bonds. The van der Waals surface area contributed by atoms with Gasteiger partial charge in [-0.1, -0.05) is 18.2 Å². The van der Waals surface area contributed by atoms with E-state index in [2.05, 4.69) is 10.3 Å². The van der Waals surface area contributed by atoms with Gasteiger partial charge in [0.1, 0.15) is 6.61 Å². The second-order valence-electron chi connectivity index (χ2n) is 6.82. The number of hydrogen-bond donors (Lipinski definition) is 1. The molecule has 1 fully saturated rings. The van der Waals surface area contributed by atoms with Gasteiger partial charge in [0.15, 0.2) is 0 Å². The van der Waals surface area contributed by atoms with Gasteiger partial charge in [-0.25, -0.2) is 4.79 Å². The van der Waals surface area contributed by atoms with Crippen molar-refractivity contribution in [3.05, 3.63) is 65.9 Å². The molecule has 1 unspecified atom stereocenters. The Morgan fingerprint density at radius 3 is 2.72 bits per heavy atom. The van der Waals surface area contributed by atoms with E-state index in [0.29, 0.717) is 24.2 Å². The average Bonchev–Trinajstić information content (AvgIpc) is 3.13. The smallest absolute Gasteiger partial charge is 0.416 e. The first-order valence-electron chi connectivity index (χ1n) is 9.10. The fourth-order valence-electron chi connectivity index (χ4n) is 3.36. The molecule has 1 N–H and O–H groups in total. The molecule has 8 heteroatoms. The second-order valence-corrected chi connectivity index (χ2v) is 6.82. The van der Waals surface area contributed by atoms with Gasteiger partial charge >= 0.3 is 12.3 Å². The molecule has 0 aliphatic carbocycles. The van der Waals surface area contributed by atoms with E-state index in [-0.39, 0.29) is 17.7 Å². The highest BCUT2D eigenvalue weighted by molar-refractivity contribution is 5.92. The first-order chi connectivity index (χ1) is 13.8. The molecule has 0 radical (unpaired) electrons. The lowest BCUT2D eigenvalue weighted by Gasteiger charge is -2.20. The van der Waals surface area contributed by atoms with E-state index in [4.69, 9.17) is 4.74 Å². The molecule has 1 atom stereocenters. The predicted octanol–water partition coefficient (Wildman–Crippen LogP) is 5.38. The summed E-state index contributed by atoms with van der Waals surface area (Å²) < 4.78 is 43.9. The van der Waals surface area contributed by atoms with E-state index in [9.17, 15) is 18.0 Å². The number of halogens is 3. The molecular formula is C21H18F3N3O2. The molecule has 150 valence electrons. The molecule has 0 bridgehead atoms. The molecule has 5 nitrogen and oxygen atoms in total. The highest BCUT2D eigenvalue weighted by Crippen LogP contribution is 2.33. The third kappa shape index (κ3) is 3.83. The minimum Gasteiger partial charge on any atom is -0.447 e. The summed E-state index contributed by atoms with van der Waals surface area (Å²) >= 11 is 0. The summed E-state index contributed by atoms with van der Waals surface area (Å²) in [6.07, 6.45) is -3.30. The number of fused-ring (bicyclic) bond motifs is 1. The number of ether oxygens (including phenoxy) is 1. The number of hydrogen-bond acceptors (Lipinski definition) is 4. The molecule has 1 aromatic heterocycles. The van der Waals surface area contributed by atoms with Crippen LogP contribution in [0.4, 0.5) is 29.3 Å². The Kier molecular flexibility index (Phi) is 4.77. The predicted molar refractivity (Wildman–Crippen MR) is 104 cm³/mol. The molecule has 1 aliphatic heterocycles. The number of carbonyl (C=O) groups excluding carboxylic acids is 1. The van der Waals surface area contributed by atoms with Crippen LogP contribution in [0.2, 0.25) is 0 Å². The van der Waals surface area contributed by atoms with Gasteiger partial charge in [0.25, 0.3) is 0 Å². The van der Waals surface area contributed by atoms with Crippen molar-refractivity contribution in [2.24, 2.45) is 0 Å². The van der Waals surface area contributed by atoms with Crippen molar-refractivity contribution in [2.45, 2.75) is 19.1 Å². The van der Waals surface area contributed by atoms with Crippen molar-refractivity contribution in [1.82, 2.24) is 4.98 Å². The van der Waals surface area contributed by atoms with Crippen LogP contribution in [0.3, 0.4) is 0 Å². The van der Waals surface area contributed by atoms with Gasteiger partial charge in [-0.3, -0.25) is 9.88 Å². The molecule has 2 aromatic carbocycles. The number of anilines is 2. The second kappa shape index (κ2) is 7.27. The third-order valence-electron chi connectivity index (χ3n) is 4.88. The van der Waals surface area contributed by atoms with Crippen LogP contribution in [0.25, 0.3) is 10.9 Å². The first kappa shape index (κ1) is 19.0. The largest absolute Gasteiger partial charge is 0.447 e. The van der Waals surface area contributed by atoms with Crippen LogP contribution in [-0.2, 0) is 10.9 Å². The normalized spacial score (nSPS) is 15.4. The maximum atomic E-state index is 13.0. The molecule has 4 rings (SSSR count). The number of aromatic nitrogens is 1. The number of pyridine rings is 1. The van der Waals surface area contributed by atoms with E-state index in [1.54, 1.807) is 11.0 Å². The monoisotopic (exact) mass is 401 g/mol. The Labute approximate surface area is 165 Å². The number of amides is 1. The molecule has 1 aliphatic rings. The molecule has 0 saturated carbocycles. The van der Waals surface area contributed by atoms with Crippen LogP contribution < -0.4 is 10.2 Å². The SMILES string of the molecule is CC(Nc1ccnc2cc(C(F)(F)F)ccc12)c1cccc(N2CCOC2=O)c1. The summed E-state index contributed by atoms with van der Waals surface area (Å²) in [5, 5.41) is 3.94. The van der Waals surface area contributed by atoms with Crippen LogP contribution in [0.15, 0.2) is 54.7 Å². The van der Waals surface area contributed by atoms with Crippen LogP contribution in [0.5, 0.6) is 0 Å². The number of alkyl halides is 3. The van der Waals surface area contributed by atoms with Gasteiger partial charge in [0, 0.05) is 29.0 Å². The zero-order valence-corrected chi connectivity index (χ0v) is 15.5. The number of nitrogens with zero attached hydrogens (tertiary/aromatic N) is 2. The Morgan fingerprint density at radius 2 is 2.00 bits per heavy atom. The Hall–Kier alpha value is -3.29. The molecule has 0 spiro atoms. The number of rotatable bonds is 4. The third-order valence-corrected chi connectivity index (χ3v) is 4.88. The summed E-state index contributed by atoms with van der Waals surface area (Å²) in [5.41, 5.74) is 1.90. The summed E-state index contributed by atoms with van der Waals surface area (Å²) in [4.78, 5) is 17.4. The quantitative estimate of drug-likeness (QED) is 0.637. The minimum atomic E-state index is -4.41. The van der Waals surface area contributed by atoms with Crippen molar-refractivity contribution in [3.8, 4) is 0 Å². The average molecular weight is 401 g/mol. The van der Waals surface area contributed by atoms with E-state index in [1.807, 2.05) is 31.2 Å². The fourth-order valence-corrected chi connectivity index (χ4v) is 3.36. The minimum absolute atomic E-state index is 0.151. The Balaban J connectivity index is 1.61. The van der Waals surface area contributed by atoms with Crippen molar-refractivity contribution >= 4 is 28.4 Å². The van der Waals surface area contributed by atoms with Gasteiger partial charge in [-0.15, -0.1) is 0 Å². The highest BCUT2D eigenvalue weighted by Gasteiger charge is 2.30. The van der Waals surface area contributed by atoms with Gasteiger partial charge in [0.05, 0.1) is 17.6 Å². The Bertz CT molecular complexity index is 1070. The maximum Gasteiger partial charge on any atom is 0.416 e. The number of cyclic esters (lactones) is 1. The van der Waals surface area contributed by atoms with Gasteiger partial charge in [-0.2, -0.15) is 13.2 Å². The molecular weight excluding hydrogens is 383 g/mol.